The molecular weight excluding hydrogens is 368 g/mol. The van der Waals surface area contributed by atoms with Crippen LogP contribution in [0.25, 0.3) is 10.3 Å². The van der Waals surface area contributed by atoms with E-state index in [4.69, 9.17) is 0 Å². The predicted molar refractivity (Wildman–Crippen MR) is 60.7 cm³/mol. The number of rotatable bonds is 3. The van der Waals surface area contributed by atoms with Crippen LogP contribution in [0.3, 0.4) is 0 Å². The van der Waals surface area contributed by atoms with Gasteiger partial charge in [0.15, 0.2) is 20.0 Å². The second kappa shape index (κ2) is 6.66. The summed E-state index contributed by atoms with van der Waals surface area (Å²) in [6, 6.07) is 0. The van der Waals surface area contributed by atoms with E-state index in [1.54, 1.807) is 6.20 Å². The van der Waals surface area contributed by atoms with E-state index < -0.39 is 31.1 Å². The lowest BCUT2D eigenvalue weighted by atomic mass is 10.9. The summed E-state index contributed by atoms with van der Waals surface area (Å²) in [4.78, 5) is 2.87. The minimum atomic E-state index is -6.72. The first-order valence-corrected chi connectivity index (χ1v) is 7.55. The van der Waals surface area contributed by atoms with Crippen LogP contribution in [0.4, 0.5) is 26.3 Å². The second-order valence-corrected chi connectivity index (χ2v) is 6.58. The van der Waals surface area contributed by atoms with Crippen molar-refractivity contribution < 1.29 is 47.7 Å². The SMILES string of the molecule is C=C[n+]1cc[nH]c1.O=S(=O)([N-]S(=O)(=O)C(F)(F)F)C(F)(F)F. The Bertz CT molecular complexity index is 648. The van der Waals surface area contributed by atoms with E-state index in [0.29, 0.717) is 0 Å². The van der Waals surface area contributed by atoms with Gasteiger partial charge in [-0.05, 0) is 0 Å². The number of alkyl halides is 6. The molecule has 0 amide bonds. The molecule has 128 valence electrons. The number of nitrogens with one attached hydrogen (secondary N) is 1. The summed E-state index contributed by atoms with van der Waals surface area (Å²) in [6.45, 7) is 3.55. The third-order valence-corrected chi connectivity index (χ3v) is 4.30. The van der Waals surface area contributed by atoms with Crippen molar-refractivity contribution in [1.29, 1.82) is 0 Å². The molecule has 0 fully saturated rings. The zero-order chi connectivity index (χ0) is 17.8. The van der Waals surface area contributed by atoms with Crippen LogP contribution < -0.4 is 4.57 Å². The standard InChI is InChI=1S/C5H6N2.C2F6NO4S2/c1-2-7-4-3-6-5-7;3-1(4,5)14(10,11)9-15(12,13)2(6,7)8/h2-5H,1H2;/q;-1/p+1. The zero-order valence-electron chi connectivity index (χ0n) is 10.1. The van der Waals surface area contributed by atoms with Crippen LogP contribution in [-0.4, -0.2) is 32.8 Å². The Kier molecular flexibility index (Phi) is 6.17. The van der Waals surface area contributed by atoms with Crippen molar-refractivity contribution in [1.82, 2.24) is 4.98 Å². The fraction of sp³-hybridized carbons (Fsp3) is 0.286. The number of hydrogen-bond donors (Lipinski definition) is 1. The topological polar surface area (TPSA) is 102 Å². The number of hydrogen-bond acceptors (Lipinski definition) is 4. The second-order valence-electron chi connectivity index (χ2n) is 3.16. The van der Waals surface area contributed by atoms with Crippen LogP contribution in [0, 0.1) is 0 Å². The molecule has 0 atom stereocenters. The van der Waals surface area contributed by atoms with Crippen molar-refractivity contribution in [2.24, 2.45) is 0 Å². The van der Waals surface area contributed by atoms with E-state index in [0.717, 1.165) is 4.13 Å². The minimum Gasteiger partial charge on any atom is -0.421 e. The number of aromatic amines is 1. The third-order valence-electron chi connectivity index (χ3n) is 1.56. The molecule has 1 aromatic rings. The maximum absolute atomic E-state index is 11.4. The van der Waals surface area contributed by atoms with Gasteiger partial charge in [0, 0.05) is 0 Å². The first-order valence-electron chi connectivity index (χ1n) is 4.67. The Morgan fingerprint density at radius 3 is 1.59 bits per heavy atom. The molecule has 0 saturated carbocycles. The Hall–Kier alpha value is -1.61. The van der Waals surface area contributed by atoms with Gasteiger partial charge in [0.05, 0.1) is 6.20 Å². The fourth-order valence-electron chi connectivity index (χ4n) is 0.628. The smallest absolute Gasteiger partial charge is 0.421 e. The monoisotopic (exact) mass is 375 g/mol. The highest BCUT2D eigenvalue weighted by Crippen LogP contribution is 2.36. The zero-order valence-corrected chi connectivity index (χ0v) is 11.8. The highest BCUT2D eigenvalue weighted by atomic mass is 32.3. The Morgan fingerprint density at radius 1 is 1.00 bits per heavy atom. The minimum absolute atomic E-state index is 0.778. The van der Waals surface area contributed by atoms with Crippen molar-refractivity contribution in [3.05, 3.63) is 29.4 Å². The van der Waals surface area contributed by atoms with Gasteiger partial charge in [0.25, 0.3) is 0 Å². The Morgan fingerprint density at radius 2 is 1.41 bits per heavy atom. The molecule has 1 aromatic heterocycles. The average Bonchev–Trinajstić information content (AvgIpc) is 2.77. The van der Waals surface area contributed by atoms with E-state index in [1.165, 1.54) is 0 Å². The molecule has 22 heavy (non-hydrogen) atoms. The summed E-state index contributed by atoms with van der Waals surface area (Å²) in [5.41, 5.74) is -12.4. The maximum Gasteiger partial charge on any atom is 0.480 e. The van der Waals surface area contributed by atoms with Crippen LogP contribution in [0.2, 0.25) is 0 Å². The van der Waals surface area contributed by atoms with E-state index in [2.05, 4.69) is 11.6 Å². The number of halogens is 6. The molecule has 0 aliphatic carbocycles. The molecule has 0 radical (unpaired) electrons. The van der Waals surface area contributed by atoms with Crippen molar-refractivity contribution in [3.63, 3.8) is 0 Å². The van der Waals surface area contributed by atoms with Crippen molar-refractivity contribution in [2.75, 3.05) is 0 Å². The van der Waals surface area contributed by atoms with Gasteiger partial charge in [0.1, 0.15) is 12.4 Å². The summed E-state index contributed by atoms with van der Waals surface area (Å²) in [5, 5.41) is 0. The first-order chi connectivity index (χ1) is 9.64. The van der Waals surface area contributed by atoms with Gasteiger partial charge in [-0.1, -0.05) is 6.58 Å². The van der Waals surface area contributed by atoms with Crippen LogP contribution in [-0.2, 0) is 20.0 Å². The predicted octanol–water partition coefficient (Wildman–Crippen LogP) is 1.46. The summed E-state index contributed by atoms with van der Waals surface area (Å²) < 4.78 is 111. The van der Waals surface area contributed by atoms with E-state index in [9.17, 15) is 43.2 Å². The third kappa shape index (κ3) is 5.64. The quantitative estimate of drug-likeness (QED) is 0.638. The highest BCUT2D eigenvalue weighted by molar-refractivity contribution is 8.13. The van der Waals surface area contributed by atoms with Gasteiger partial charge >= 0.3 is 11.0 Å². The summed E-state index contributed by atoms with van der Waals surface area (Å²) in [5.74, 6) is 0. The number of nitrogens with zero attached hydrogens (tertiary/aromatic N) is 2. The average molecular weight is 375 g/mol. The number of aromatic nitrogens is 2. The fourth-order valence-corrected chi connectivity index (χ4v) is 2.34. The molecule has 0 spiro atoms. The van der Waals surface area contributed by atoms with E-state index in [-0.39, 0.29) is 0 Å². The summed E-state index contributed by atoms with van der Waals surface area (Å²) in [6.07, 6.45) is 7.25. The molecule has 0 saturated heterocycles. The lowest BCUT2D eigenvalue weighted by Gasteiger charge is -2.22. The molecule has 0 aliphatic rings. The lowest BCUT2D eigenvalue weighted by Crippen LogP contribution is -2.30. The van der Waals surface area contributed by atoms with E-state index in [1.807, 2.05) is 23.3 Å². The van der Waals surface area contributed by atoms with Gasteiger partial charge in [-0.2, -0.15) is 26.3 Å². The maximum atomic E-state index is 11.4. The molecule has 1 rings (SSSR count). The number of H-pyrrole nitrogens is 1. The van der Waals surface area contributed by atoms with Crippen LogP contribution in [0.5, 0.6) is 0 Å². The Labute approximate surface area is 120 Å². The molecule has 0 aliphatic heterocycles. The van der Waals surface area contributed by atoms with Crippen molar-refractivity contribution in [3.8, 4) is 0 Å². The molecule has 0 unspecified atom stereocenters. The summed E-state index contributed by atoms with van der Waals surface area (Å²) in [7, 11) is -13.4. The summed E-state index contributed by atoms with van der Waals surface area (Å²) >= 11 is 0. The normalized spacial score (nSPS) is 13.2. The van der Waals surface area contributed by atoms with Gasteiger partial charge in [0.2, 0.25) is 6.33 Å². The Balaban J connectivity index is 0.000000518. The van der Waals surface area contributed by atoms with Gasteiger partial charge in [-0.3, -0.25) is 0 Å². The van der Waals surface area contributed by atoms with Crippen molar-refractivity contribution in [2.45, 2.75) is 11.0 Å². The molecule has 7 nitrogen and oxygen atoms in total. The van der Waals surface area contributed by atoms with Crippen LogP contribution >= 0.6 is 0 Å². The largest absolute Gasteiger partial charge is 0.480 e. The molecule has 0 bridgehead atoms. The van der Waals surface area contributed by atoms with Gasteiger partial charge < -0.3 is 4.13 Å². The first kappa shape index (κ1) is 20.4. The van der Waals surface area contributed by atoms with E-state index >= 15 is 0 Å². The van der Waals surface area contributed by atoms with Crippen molar-refractivity contribution >= 4 is 26.2 Å². The van der Waals surface area contributed by atoms with Crippen LogP contribution in [0.15, 0.2) is 25.3 Å². The molecular formula is C7H7F6N3O4S2. The molecule has 15 heteroatoms. The lowest BCUT2D eigenvalue weighted by molar-refractivity contribution is -0.566. The molecule has 1 N–H and O–H groups in total. The van der Waals surface area contributed by atoms with Gasteiger partial charge in [-0.25, -0.2) is 26.4 Å². The highest BCUT2D eigenvalue weighted by Gasteiger charge is 2.46. The van der Waals surface area contributed by atoms with Crippen LogP contribution in [0.1, 0.15) is 0 Å². The molecule has 1 heterocycles. The number of imidazole rings is 1. The molecule has 0 aromatic carbocycles. The number of sulfonamides is 2. The van der Waals surface area contributed by atoms with Gasteiger partial charge in [-0.15, -0.1) is 0 Å².